The van der Waals surface area contributed by atoms with Crippen LogP contribution in [0.15, 0.2) is 34.9 Å². The Hall–Kier alpha value is -1.88. The van der Waals surface area contributed by atoms with Gasteiger partial charge in [-0.1, -0.05) is 23.4 Å². The monoisotopic (exact) mass is 261 g/mol. The van der Waals surface area contributed by atoms with Gasteiger partial charge in [0, 0.05) is 12.3 Å². The molecular formula is C14H19N3O2. The van der Waals surface area contributed by atoms with E-state index in [0.717, 1.165) is 5.69 Å². The van der Waals surface area contributed by atoms with Crippen molar-refractivity contribution in [2.24, 2.45) is 0 Å². The number of hydrogen-bond acceptors (Lipinski definition) is 5. The van der Waals surface area contributed by atoms with E-state index in [1.54, 1.807) is 0 Å². The summed E-state index contributed by atoms with van der Waals surface area (Å²) in [5, 5.41) is 7.19. The molecule has 5 heteroatoms. The van der Waals surface area contributed by atoms with Crippen molar-refractivity contribution in [3.05, 3.63) is 42.0 Å². The van der Waals surface area contributed by atoms with Crippen molar-refractivity contribution < 1.29 is 9.26 Å². The lowest BCUT2D eigenvalue weighted by molar-refractivity contribution is -0.0221. The molecule has 1 aromatic carbocycles. The number of aromatic nitrogens is 2. The minimum absolute atomic E-state index is 0.499. The van der Waals surface area contributed by atoms with Crippen molar-refractivity contribution in [2.75, 3.05) is 11.9 Å². The van der Waals surface area contributed by atoms with E-state index in [2.05, 4.69) is 15.5 Å². The lowest BCUT2D eigenvalue weighted by Crippen LogP contribution is -2.23. The van der Waals surface area contributed by atoms with Gasteiger partial charge >= 0.3 is 0 Å². The molecule has 0 amide bonds. The maximum absolute atomic E-state index is 5.59. The van der Waals surface area contributed by atoms with E-state index < -0.39 is 5.60 Å². The Morgan fingerprint density at radius 3 is 2.68 bits per heavy atom. The summed E-state index contributed by atoms with van der Waals surface area (Å²) in [7, 11) is 0. The quantitative estimate of drug-likeness (QED) is 0.866. The summed E-state index contributed by atoms with van der Waals surface area (Å²) in [5.74, 6) is 1.12. The smallest absolute Gasteiger partial charge is 0.246 e. The third kappa shape index (κ3) is 3.54. The van der Waals surface area contributed by atoms with Gasteiger partial charge in [0.1, 0.15) is 5.60 Å². The molecule has 0 saturated heterocycles. The molecular weight excluding hydrogens is 242 g/mol. The molecule has 0 aliphatic carbocycles. The molecule has 0 atom stereocenters. The molecule has 0 unspecified atom stereocenters. The second-order valence-corrected chi connectivity index (χ2v) is 4.67. The van der Waals surface area contributed by atoms with E-state index in [1.807, 2.05) is 51.1 Å². The Balaban J connectivity index is 1.98. The summed E-state index contributed by atoms with van der Waals surface area (Å²) in [6, 6.07) is 9.89. The van der Waals surface area contributed by atoms with Crippen molar-refractivity contribution in [3.63, 3.8) is 0 Å². The maximum Gasteiger partial charge on any atom is 0.246 e. The van der Waals surface area contributed by atoms with Crippen LogP contribution in [0.4, 0.5) is 5.69 Å². The first-order valence-electron chi connectivity index (χ1n) is 6.38. The first-order valence-corrected chi connectivity index (χ1v) is 6.38. The van der Waals surface area contributed by atoms with Crippen LogP contribution in [0, 0.1) is 0 Å². The van der Waals surface area contributed by atoms with Gasteiger partial charge in [0.2, 0.25) is 11.7 Å². The summed E-state index contributed by atoms with van der Waals surface area (Å²) >= 11 is 0. The lowest BCUT2D eigenvalue weighted by atomic mass is 10.1. The van der Waals surface area contributed by atoms with Crippen molar-refractivity contribution >= 4 is 5.69 Å². The highest BCUT2D eigenvalue weighted by atomic mass is 16.5. The SMILES string of the molecule is CCOC(C)(C)c1noc(CNc2ccccc2)n1. The van der Waals surface area contributed by atoms with Crippen molar-refractivity contribution in [2.45, 2.75) is 32.9 Å². The molecule has 0 radical (unpaired) electrons. The van der Waals surface area contributed by atoms with E-state index in [-0.39, 0.29) is 0 Å². The molecule has 0 aliphatic rings. The summed E-state index contributed by atoms with van der Waals surface area (Å²) in [5.41, 5.74) is 0.495. The molecule has 0 aliphatic heterocycles. The first-order chi connectivity index (χ1) is 9.12. The fourth-order valence-corrected chi connectivity index (χ4v) is 1.73. The number of benzene rings is 1. The third-order valence-electron chi connectivity index (χ3n) is 2.73. The topological polar surface area (TPSA) is 60.2 Å². The summed E-state index contributed by atoms with van der Waals surface area (Å²) in [6.07, 6.45) is 0. The zero-order chi connectivity index (χ0) is 13.7. The van der Waals surface area contributed by atoms with Gasteiger partial charge < -0.3 is 14.6 Å². The van der Waals surface area contributed by atoms with Crippen LogP contribution in [0.2, 0.25) is 0 Å². The standard InChI is InChI=1S/C14H19N3O2/c1-4-18-14(2,3)13-16-12(19-17-13)10-15-11-8-6-5-7-9-11/h5-9,15H,4,10H2,1-3H3. The molecule has 0 spiro atoms. The summed E-state index contributed by atoms with van der Waals surface area (Å²) in [4.78, 5) is 4.35. The second kappa shape index (κ2) is 5.84. The van der Waals surface area contributed by atoms with Crippen LogP contribution in [0.5, 0.6) is 0 Å². The van der Waals surface area contributed by atoms with Crippen molar-refractivity contribution in [1.82, 2.24) is 10.1 Å². The number of para-hydroxylation sites is 1. The van der Waals surface area contributed by atoms with E-state index in [0.29, 0.717) is 24.9 Å². The zero-order valence-corrected chi connectivity index (χ0v) is 11.5. The van der Waals surface area contributed by atoms with Crippen LogP contribution in [-0.2, 0) is 16.9 Å². The molecule has 2 aromatic rings. The maximum atomic E-state index is 5.59. The first kappa shape index (κ1) is 13.5. The lowest BCUT2D eigenvalue weighted by Gasteiger charge is -2.19. The highest BCUT2D eigenvalue weighted by molar-refractivity contribution is 5.42. The molecule has 0 bridgehead atoms. The van der Waals surface area contributed by atoms with Gasteiger partial charge in [-0.05, 0) is 32.9 Å². The number of ether oxygens (including phenoxy) is 1. The Labute approximate surface area is 113 Å². The predicted molar refractivity (Wildman–Crippen MR) is 72.7 cm³/mol. The highest BCUT2D eigenvalue weighted by Gasteiger charge is 2.26. The van der Waals surface area contributed by atoms with E-state index >= 15 is 0 Å². The van der Waals surface area contributed by atoms with Crippen LogP contribution >= 0.6 is 0 Å². The molecule has 1 N–H and O–H groups in total. The van der Waals surface area contributed by atoms with E-state index in [4.69, 9.17) is 9.26 Å². The normalized spacial score (nSPS) is 11.5. The molecule has 102 valence electrons. The number of nitrogens with one attached hydrogen (secondary N) is 1. The van der Waals surface area contributed by atoms with E-state index in [1.165, 1.54) is 0 Å². The minimum Gasteiger partial charge on any atom is -0.376 e. The zero-order valence-electron chi connectivity index (χ0n) is 11.5. The van der Waals surface area contributed by atoms with Crippen molar-refractivity contribution in [3.8, 4) is 0 Å². The summed E-state index contributed by atoms with van der Waals surface area (Å²) in [6.45, 7) is 6.91. The van der Waals surface area contributed by atoms with Gasteiger partial charge in [0.25, 0.3) is 0 Å². The van der Waals surface area contributed by atoms with Gasteiger partial charge in [-0.2, -0.15) is 4.98 Å². The van der Waals surface area contributed by atoms with Crippen LogP contribution in [0.25, 0.3) is 0 Å². The van der Waals surface area contributed by atoms with Crippen LogP contribution in [0.1, 0.15) is 32.5 Å². The average Bonchev–Trinajstić information content (AvgIpc) is 2.87. The van der Waals surface area contributed by atoms with Crippen molar-refractivity contribution in [1.29, 1.82) is 0 Å². The number of anilines is 1. The van der Waals surface area contributed by atoms with Crippen LogP contribution < -0.4 is 5.32 Å². The van der Waals surface area contributed by atoms with Gasteiger partial charge in [-0.25, -0.2) is 0 Å². The third-order valence-corrected chi connectivity index (χ3v) is 2.73. The average molecular weight is 261 g/mol. The number of rotatable bonds is 6. The van der Waals surface area contributed by atoms with Gasteiger partial charge in [-0.15, -0.1) is 0 Å². The largest absolute Gasteiger partial charge is 0.376 e. The molecule has 5 nitrogen and oxygen atoms in total. The fraction of sp³-hybridized carbons (Fsp3) is 0.429. The number of nitrogens with zero attached hydrogens (tertiary/aromatic N) is 2. The Morgan fingerprint density at radius 1 is 1.26 bits per heavy atom. The second-order valence-electron chi connectivity index (χ2n) is 4.67. The van der Waals surface area contributed by atoms with Crippen LogP contribution in [-0.4, -0.2) is 16.7 Å². The van der Waals surface area contributed by atoms with Gasteiger partial charge in [-0.3, -0.25) is 0 Å². The molecule has 19 heavy (non-hydrogen) atoms. The predicted octanol–water partition coefficient (Wildman–Crippen LogP) is 2.95. The Morgan fingerprint density at radius 2 is 2.00 bits per heavy atom. The highest BCUT2D eigenvalue weighted by Crippen LogP contribution is 2.21. The molecule has 0 saturated carbocycles. The molecule has 1 heterocycles. The minimum atomic E-state index is -0.525. The Kier molecular flexibility index (Phi) is 4.16. The molecule has 1 aromatic heterocycles. The van der Waals surface area contributed by atoms with Gasteiger partial charge in [0.15, 0.2) is 0 Å². The summed E-state index contributed by atoms with van der Waals surface area (Å²) < 4.78 is 10.8. The molecule has 2 rings (SSSR count). The van der Waals surface area contributed by atoms with E-state index in [9.17, 15) is 0 Å². The number of hydrogen-bond donors (Lipinski definition) is 1. The Bertz CT molecular complexity index is 508. The fourth-order valence-electron chi connectivity index (χ4n) is 1.73. The van der Waals surface area contributed by atoms with Gasteiger partial charge in [0.05, 0.1) is 6.54 Å². The van der Waals surface area contributed by atoms with Crippen LogP contribution in [0.3, 0.4) is 0 Å². The molecule has 0 fully saturated rings.